The lowest BCUT2D eigenvalue weighted by molar-refractivity contribution is 0.0696. The highest BCUT2D eigenvalue weighted by Gasteiger charge is 2.19. The van der Waals surface area contributed by atoms with Crippen LogP contribution in [0.3, 0.4) is 0 Å². The second-order valence-corrected chi connectivity index (χ2v) is 7.22. The maximum Gasteiger partial charge on any atom is 0.339 e. The number of nitrogens with one attached hydrogen (secondary N) is 1. The first-order chi connectivity index (χ1) is 14.8. The third kappa shape index (κ3) is 5.25. The first kappa shape index (κ1) is 21.9. The quantitative estimate of drug-likeness (QED) is 0.571. The molecule has 0 saturated carbocycles. The Hall–Kier alpha value is -3.75. The van der Waals surface area contributed by atoms with Crippen molar-refractivity contribution in [2.45, 2.75) is 33.4 Å². The number of benzene rings is 1. The smallest absolute Gasteiger partial charge is 0.339 e. The summed E-state index contributed by atoms with van der Waals surface area (Å²) >= 11 is 0. The van der Waals surface area contributed by atoms with Crippen LogP contribution in [0.4, 0.5) is 15.9 Å². The number of aromatic carboxylic acids is 1. The number of carboxylic acids is 1. The molecule has 0 aliphatic rings. The average Bonchev–Trinajstić information content (AvgIpc) is 3.07. The number of aryl methyl sites for hydroxylation is 2. The zero-order valence-corrected chi connectivity index (χ0v) is 17.6. The topological polar surface area (TPSA) is 100 Å². The van der Waals surface area contributed by atoms with Gasteiger partial charge in [0.2, 0.25) is 0 Å². The summed E-state index contributed by atoms with van der Waals surface area (Å²) in [4.78, 5) is 30.2. The summed E-state index contributed by atoms with van der Waals surface area (Å²) in [5.41, 5.74) is 2.28. The predicted molar refractivity (Wildman–Crippen MR) is 115 cm³/mol. The van der Waals surface area contributed by atoms with E-state index in [0.717, 1.165) is 24.4 Å². The SMILES string of the molecule is CCCn1nc(C)cc1CN(C)c1ncc(NC(=O)c2ccc(F)cc2)cc1C(=O)O. The lowest BCUT2D eigenvalue weighted by atomic mass is 10.2. The van der Waals surface area contributed by atoms with E-state index < -0.39 is 17.7 Å². The molecule has 8 nitrogen and oxygen atoms in total. The zero-order chi connectivity index (χ0) is 22.5. The van der Waals surface area contributed by atoms with E-state index >= 15 is 0 Å². The van der Waals surface area contributed by atoms with E-state index in [1.165, 1.54) is 36.5 Å². The number of carboxylic acid groups (broad SMARTS) is 1. The van der Waals surface area contributed by atoms with Gasteiger partial charge in [-0.1, -0.05) is 6.92 Å². The second-order valence-electron chi connectivity index (χ2n) is 7.22. The van der Waals surface area contributed by atoms with Gasteiger partial charge in [-0.15, -0.1) is 0 Å². The van der Waals surface area contributed by atoms with Crippen molar-refractivity contribution in [3.63, 3.8) is 0 Å². The van der Waals surface area contributed by atoms with E-state index in [-0.39, 0.29) is 22.6 Å². The molecule has 0 saturated heterocycles. The Morgan fingerprint density at radius 3 is 2.58 bits per heavy atom. The number of rotatable bonds is 8. The lowest BCUT2D eigenvalue weighted by Gasteiger charge is -2.21. The van der Waals surface area contributed by atoms with Gasteiger partial charge in [0.25, 0.3) is 5.91 Å². The van der Waals surface area contributed by atoms with Crippen LogP contribution in [0.2, 0.25) is 0 Å². The van der Waals surface area contributed by atoms with Crippen LogP contribution in [0.25, 0.3) is 0 Å². The summed E-state index contributed by atoms with van der Waals surface area (Å²) in [6.45, 7) is 5.17. The highest BCUT2D eigenvalue weighted by molar-refractivity contribution is 6.05. The number of carbonyl (C=O) groups is 2. The first-order valence-electron chi connectivity index (χ1n) is 9.83. The normalized spacial score (nSPS) is 10.7. The van der Waals surface area contributed by atoms with Gasteiger partial charge in [-0.3, -0.25) is 9.48 Å². The number of nitrogens with zero attached hydrogens (tertiary/aromatic N) is 4. The van der Waals surface area contributed by atoms with E-state index in [0.29, 0.717) is 6.54 Å². The summed E-state index contributed by atoms with van der Waals surface area (Å²) in [5.74, 6) is -1.83. The zero-order valence-electron chi connectivity index (χ0n) is 17.6. The van der Waals surface area contributed by atoms with Crippen LogP contribution in [-0.4, -0.2) is 38.8 Å². The maximum atomic E-state index is 13.0. The Balaban J connectivity index is 1.82. The summed E-state index contributed by atoms with van der Waals surface area (Å²) in [5, 5.41) is 16.8. The van der Waals surface area contributed by atoms with Gasteiger partial charge in [0.05, 0.1) is 29.8 Å². The van der Waals surface area contributed by atoms with Gasteiger partial charge < -0.3 is 15.3 Å². The Labute approximate surface area is 179 Å². The third-order valence-electron chi connectivity index (χ3n) is 4.64. The number of aromatic nitrogens is 3. The van der Waals surface area contributed by atoms with Crippen LogP contribution >= 0.6 is 0 Å². The summed E-state index contributed by atoms with van der Waals surface area (Å²) in [6.07, 6.45) is 2.33. The van der Waals surface area contributed by atoms with Crippen LogP contribution in [0.1, 0.15) is 45.4 Å². The fraction of sp³-hybridized carbons (Fsp3) is 0.273. The van der Waals surface area contributed by atoms with Crippen LogP contribution in [-0.2, 0) is 13.1 Å². The molecule has 0 fully saturated rings. The molecule has 9 heteroatoms. The molecule has 0 spiro atoms. The molecule has 31 heavy (non-hydrogen) atoms. The van der Waals surface area contributed by atoms with Crippen molar-refractivity contribution in [3.8, 4) is 0 Å². The minimum Gasteiger partial charge on any atom is -0.478 e. The Morgan fingerprint density at radius 1 is 1.23 bits per heavy atom. The van der Waals surface area contributed by atoms with Crippen molar-refractivity contribution in [3.05, 3.63) is 70.9 Å². The number of carbonyl (C=O) groups excluding carboxylic acids is 1. The van der Waals surface area contributed by atoms with Crippen LogP contribution in [0.15, 0.2) is 42.6 Å². The van der Waals surface area contributed by atoms with Crippen LogP contribution in [0.5, 0.6) is 0 Å². The van der Waals surface area contributed by atoms with Crippen molar-refractivity contribution in [1.82, 2.24) is 14.8 Å². The molecule has 162 valence electrons. The number of anilines is 2. The predicted octanol–water partition coefficient (Wildman–Crippen LogP) is 3.72. The minimum atomic E-state index is -1.16. The average molecular weight is 425 g/mol. The first-order valence-corrected chi connectivity index (χ1v) is 9.83. The van der Waals surface area contributed by atoms with E-state index in [9.17, 15) is 19.1 Å². The largest absolute Gasteiger partial charge is 0.478 e. The van der Waals surface area contributed by atoms with Gasteiger partial charge in [0.15, 0.2) is 0 Å². The van der Waals surface area contributed by atoms with Gasteiger partial charge in [-0.25, -0.2) is 14.2 Å². The molecule has 2 heterocycles. The monoisotopic (exact) mass is 425 g/mol. The fourth-order valence-corrected chi connectivity index (χ4v) is 3.24. The van der Waals surface area contributed by atoms with Crippen LogP contribution < -0.4 is 10.2 Å². The Bertz CT molecular complexity index is 1100. The Kier molecular flexibility index (Phi) is 6.64. The van der Waals surface area contributed by atoms with E-state index in [4.69, 9.17) is 0 Å². The van der Waals surface area contributed by atoms with Gasteiger partial charge in [-0.05, 0) is 49.7 Å². The van der Waals surface area contributed by atoms with Crippen molar-refractivity contribution >= 4 is 23.4 Å². The van der Waals surface area contributed by atoms with Crippen molar-refractivity contribution in [2.75, 3.05) is 17.3 Å². The lowest BCUT2D eigenvalue weighted by Crippen LogP contribution is -2.23. The molecule has 1 aromatic carbocycles. The molecule has 0 unspecified atom stereocenters. The number of halogens is 1. The molecule has 0 bridgehead atoms. The molecule has 0 aliphatic heterocycles. The Morgan fingerprint density at radius 2 is 1.94 bits per heavy atom. The van der Waals surface area contributed by atoms with Crippen molar-refractivity contribution < 1.29 is 19.1 Å². The molecular weight excluding hydrogens is 401 g/mol. The highest BCUT2D eigenvalue weighted by Crippen LogP contribution is 2.23. The standard InChI is InChI=1S/C22H24FN5O3/c1-4-9-28-18(10-14(2)26-28)13-27(3)20-19(22(30)31)11-17(12-24-20)25-21(29)15-5-7-16(23)8-6-15/h5-8,10-12H,4,9,13H2,1-3H3,(H,25,29)(H,30,31). The molecule has 3 aromatic rings. The van der Waals surface area contributed by atoms with Gasteiger partial charge in [0, 0.05) is 19.2 Å². The highest BCUT2D eigenvalue weighted by atomic mass is 19.1. The summed E-state index contributed by atoms with van der Waals surface area (Å²) < 4.78 is 15.0. The van der Waals surface area contributed by atoms with Gasteiger partial charge in [-0.2, -0.15) is 5.10 Å². The molecule has 1 amide bonds. The van der Waals surface area contributed by atoms with E-state index in [1.807, 2.05) is 17.7 Å². The second kappa shape index (κ2) is 9.38. The number of hydrogen-bond donors (Lipinski definition) is 2. The number of pyridine rings is 1. The third-order valence-corrected chi connectivity index (χ3v) is 4.64. The fourth-order valence-electron chi connectivity index (χ4n) is 3.24. The molecular formula is C22H24FN5O3. The molecule has 0 atom stereocenters. The number of amides is 1. The molecule has 3 rings (SSSR count). The van der Waals surface area contributed by atoms with Crippen molar-refractivity contribution in [2.24, 2.45) is 0 Å². The van der Waals surface area contributed by atoms with Gasteiger partial charge in [0.1, 0.15) is 17.2 Å². The van der Waals surface area contributed by atoms with Crippen LogP contribution in [0, 0.1) is 12.7 Å². The molecule has 2 aromatic heterocycles. The molecule has 2 N–H and O–H groups in total. The van der Waals surface area contributed by atoms with E-state index in [2.05, 4.69) is 22.3 Å². The minimum absolute atomic E-state index is 0.0438. The molecule has 0 aliphatic carbocycles. The maximum absolute atomic E-state index is 13.0. The van der Waals surface area contributed by atoms with E-state index in [1.54, 1.807) is 11.9 Å². The number of hydrogen-bond acceptors (Lipinski definition) is 5. The summed E-state index contributed by atoms with van der Waals surface area (Å²) in [6, 6.07) is 8.37. The van der Waals surface area contributed by atoms with Gasteiger partial charge >= 0.3 is 5.97 Å². The summed E-state index contributed by atoms with van der Waals surface area (Å²) in [7, 11) is 1.75. The van der Waals surface area contributed by atoms with Crippen molar-refractivity contribution in [1.29, 1.82) is 0 Å². The molecule has 0 radical (unpaired) electrons.